The Morgan fingerprint density at radius 2 is 2.11 bits per heavy atom. The summed E-state index contributed by atoms with van der Waals surface area (Å²) in [5, 5.41) is 0. The first-order valence-electron chi connectivity index (χ1n) is 7.45. The van der Waals surface area contributed by atoms with Crippen molar-refractivity contribution in [1.82, 2.24) is 5.43 Å². The Morgan fingerprint density at radius 3 is 2.68 bits per heavy atom. The van der Waals surface area contributed by atoms with Gasteiger partial charge in [-0.1, -0.05) is 6.92 Å². The van der Waals surface area contributed by atoms with Gasteiger partial charge in [0.25, 0.3) is 0 Å². The fourth-order valence-corrected chi connectivity index (χ4v) is 3.58. The van der Waals surface area contributed by atoms with E-state index < -0.39 is 0 Å². The van der Waals surface area contributed by atoms with Crippen molar-refractivity contribution in [3.05, 3.63) is 0 Å². The molecule has 3 unspecified atom stereocenters. The van der Waals surface area contributed by atoms with Gasteiger partial charge in [0.1, 0.15) is 0 Å². The predicted molar refractivity (Wildman–Crippen MR) is 73.7 cm³/mol. The average Bonchev–Trinajstić information content (AvgIpc) is 2.45. The number of hydrogen-bond acceptors (Lipinski definition) is 5. The zero-order valence-corrected chi connectivity index (χ0v) is 12.2. The quantitative estimate of drug-likeness (QED) is 0.582. The largest absolute Gasteiger partial charge is 0.381 e. The van der Waals surface area contributed by atoms with Crippen molar-refractivity contribution in [3.63, 3.8) is 0 Å². The van der Waals surface area contributed by atoms with Crippen LogP contribution in [0.25, 0.3) is 0 Å². The highest BCUT2D eigenvalue weighted by atomic mass is 16.5. The van der Waals surface area contributed by atoms with Gasteiger partial charge in [-0.2, -0.15) is 0 Å². The van der Waals surface area contributed by atoms with Crippen LogP contribution in [0.5, 0.6) is 0 Å². The number of rotatable bonds is 5. The SMILES string of the molecule is CCC(OC)C(NN)C1CCOC2(CCOCC2)C1. The van der Waals surface area contributed by atoms with E-state index in [0.29, 0.717) is 5.92 Å². The molecule has 5 heteroatoms. The van der Waals surface area contributed by atoms with Crippen molar-refractivity contribution >= 4 is 0 Å². The summed E-state index contributed by atoms with van der Waals surface area (Å²) in [5.74, 6) is 6.29. The van der Waals surface area contributed by atoms with Crippen LogP contribution in [0.2, 0.25) is 0 Å². The number of hydrogen-bond donors (Lipinski definition) is 2. The second-order valence-electron chi connectivity index (χ2n) is 5.77. The van der Waals surface area contributed by atoms with Crippen LogP contribution in [-0.4, -0.2) is 44.7 Å². The average molecular weight is 272 g/mol. The molecule has 2 aliphatic heterocycles. The van der Waals surface area contributed by atoms with Gasteiger partial charge < -0.3 is 14.2 Å². The molecule has 0 aliphatic carbocycles. The lowest BCUT2D eigenvalue weighted by atomic mass is 9.76. The molecule has 0 amide bonds. The summed E-state index contributed by atoms with van der Waals surface area (Å²) in [5.41, 5.74) is 3.00. The number of methoxy groups -OCH3 is 1. The van der Waals surface area contributed by atoms with Gasteiger partial charge in [0.05, 0.1) is 17.7 Å². The van der Waals surface area contributed by atoms with E-state index in [2.05, 4.69) is 12.3 Å². The fraction of sp³-hybridized carbons (Fsp3) is 1.00. The molecule has 2 heterocycles. The number of ether oxygens (including phenoxy) is 3. The van der Waals surface area contributed by atoms with E-state index in [9.17, 15) is 0 Å². The Kier molecular flexibility index (Phi) is 5.59. The van der Waals surface area contributed by atoms with Crippen molar-refractivity contribution in [2.24, 2.45) is 11.8 Å². The zero-order chi connectivity index (χ0) is 13.7. The molecule has 0 bridgehead atoms. The molecule has 1 spiro atoms. The standard InChI is InChI=1S/C14H28N2O3/c1-3-12(17-2)13(16-15)11-4-7-19-14(10-11)5-8-18-9-6-14/h11-13,16H,3-10,15H2,1-2H3. The first-order valence-corrected chi connectivity index (χ1v) is 7.45. The van der Waals surface area contributed by atoms with Crippen molar-refractivity contribution in [1.29, 1.82) is 0 Å². The van der Waals surface area contributed by atoms with Crippen LogP contribution in [-0.2, 0) is 14.2 Å². The summed E-state index contributed by atoms with van der Waals surface area (Å²) in [4.78, 5) is 0. The smallest absolute Gasteiger partial charge is 0.0737 e. The minimum absolute atomic E-state index is 0.0162. The molecule has 2 fully saturated rings. The highest BCUT2D eigenvalue weighted by Gasteiger charge is 2.42. The van der Waals surface area contributed by atoms with E-state index in [0.717, 1.165) is 51.9 Å². The zero-order valence-electron chi connectivity index (χ0n) is 12.2. The predicted octanol–water partition coefficient (Wildman–Crippen LogP) is 1.22. The summed E-state index contributed by atoms with van der Waals surface area (Å²) in [6, 6.07) is 0.207. The maximum atomic E-state index is 6.09. The lowest BCUT2D eigenvalue weighted by Gasteiger charge is -2.46. The maximum absolute atomic E-state index is 6.09. The molecule has 3 atom stereocenters. The van der Waals surface area contributed by atoms with Gasteiger partial charge in [0.2, 0.25) is 0 Å². The Bertz CT molecular complexity index is 260. The van der Waals surface area contributed by atoms with Gasteiger partial charge in [-0.05, 0) is 38.0 Å². The van der Waals surface area contributed by atoms with E-state index in [1.165, 1.54) is 0 Å². The third-order valence-electron chi connectivity index (χ3n) is 4.74. The van der Waals surface area contributed by atoms with Gasteiger partial charge >= 0.3 is 0 Å². The van der Waals surface area contributed by atoms with Crippen molar-refractivity contribution in [2.45, 2.75) is 56.8 Å². The van der Waals surface area contributed by atoms with Crippen molar-refractivity contribution < 1.29 is 14.2 Å². The third kappa shape index (κ3) is 3.47. The first-order chi connectivity index (χ1) is 9.24. The van der Waals surface area contributed by atoms with Crippen LogP contribution in [0, 0.1) is 5.92 Å². The Hall–Kier alpha value is -0.200. The van der Waals surface area contributed by atoms with Crippen LogP contribution in [0.1, 0.15) is 39.0 Å². The number of hydrazine groups is 1. The molecular weight excluding hydrogens is 244 g/mol. The minimum atomic E-state index is 0.0162. The lowest BCUT2D eigenvalue weighted by molar-refractivity contribution is -0.154. The highest BCUT2D eigenvalue weighted by Crippen LogP contribution is 2.39. The molecule has 2 saturated heterocycles. The Balaban J connectivity index is 2.02. The van der Waals surface area contributed by atoms with E-state index in [1.807, 2.05) is 0 Å². The van der Waals surface area contributed by atoms with E-state index in [1.54, 1.807) is 7.11 Å². The van der Waals surface area contributed by atoms with Gasteiger partial charge in [0, 0.05) is 26.9 Å². The van der Waals surface area contributed by atoms with Crippen LogP contribution in [0.3, 0.4) is 0 Å². The molecule has 2 aliphatic rings. The Labute approximate surface area is 116 Å². The molecular formula is C14H28N2O3. The van der Waals surface area contributed by atoms with Crippen LogP contribution < -0.4 is 11.3 Å². The molecule has 19 heavy (non-hydrogen) atoms. The highest BCUT2D eigenvalue weighted by molar-refractivity contribution is 4.94. The van der Waals surface area contributed by atoms with E-state index in [4.69, 9.17) is 20.1 Å². The second-order valence-corrected chi connectivity index (χ2v) is 5.77. The normalized spacial score (nSPS) is 30.2. The Morgan fingerprint density at radius 1 is 1.37 bits per heavy atom. The molecule has 112 valence electrons. The van der Waals surface area contributed by atoms with E-state index in [-0.39, 0.29) is 17.7 Å². The number of nitrogens with one attached hydrogen (secondary N) is 1. The van der Waals surface area contributed by atoms with Crippen LogP contribution in [0.15, 0.2) is 0 Å². The summed E-state index contributed by atoms with van der Waals surface area (Å²) in [6.45, 7) is 4.59. The molecule has 0 radical (unpaired) electrons. The molecule has 0 aromatic carbocycles. The summed E-state index contributed by atoms with van der Waals surface area (Å²) >= 11 is 0. The fourth-order valence-electron chi connectivity index (χ4n) is 3.58. The molecule has 0 saturated carbocycles. The van der Waals surface area contributed by atoms with Gasteiger partial charge in [0.15, 0.2) is 0 Å². The van der Waals surface area contributed by atoms with Crippen LogP contribution >= 0.6 is 0 Å². The summed E-state index contributed by atoms with van der Waals surface area (Å²) < 4.78 is 17.1. The topological polar surface area (TPSA) is 65.7 Å². The van der Waals surface area contributed by atoms with Crippen molar-refractivity contribution in [3.8, 4) is 0 Å². The molecule has 2 rings (SSSR count). The monoisotopic (exact) mass is 272 g/mol. The second kappa shape index (κ2) is 6.99. The maximum Gasteiger partial charge on any atom is 0.0737 e. The third-order valence-corrected chi connectivity index (χ3v) is 4.74. The molecule has 5 nitrogen and oxygen atoms in total. The van der Waals surface area contributed by atoms with Gasteiger partial charge in [-0.3, -0.25) is 11.3 Å². The molecule has 3 N–H and O–H groups in total. The molecule has 0 aromatic rings. The summed E-state index contributed by atoms with van der Waals surface area (Å²) in [7, 11) is 1.77. The van der Waals surface area contributed by atoms with Gasteiger partial charge in [-0.15, -0.1) is 0 Å². The molecule has 0 aromatic heterocycles. The lowest BCUT2D eigenvalue weighted by Crippen LogP contribution is -2.55. The van der Waals surface area contributed by atoms with Crippen molar-refractivity contribution in [2.75, 3.05) is 26.9 Å². The van der Waals surface area contributed by atoms with E-state index >= 15 is 0 Å². The van der Waals surface area contributed by atoms with Crippen LogP contribution in [0.4, 0.5) is 0 Å². The first kappa shape index (κ1) is 15.2. The minimum Gasteiger partial charge on any atom is -0.381 e. The van der Waals surface area contributed by atoms with Gasteiger partial charge in [-0.25, -0.2) is 0 Å². The summed E-state index contributed by atoms with van der Waals surface area (Å²) in [6.07, 6.45) is 5.26. The number of nitrogens with two attached hydrogens (primary N) is 1.